The van der Waals surface area contributed by atoms with Crippen molar-refractivity contribution in [1.29, 1.82) is 0 Å². The number of para-hydroxylation sites is 1. The number of aliphatic hydroxyl groups is 1. The minimum Gasteiger partial charge on any atom is -0.496 e. The van der Waals surface area contributed by atoms with Crippen LogP contribution in [-0.4, -0.2) is 24.7 Å². The predicted molar refractivity (Wildman–Crippen MR) is 79.3 cm³/mol. The summed E-state index contributed by atoms with van der Waals surface area (Å²) in [5, 5.41) is 14.8. The van der Waals surface area contributed by atoms with Crippen molar-refractivity contribution in [3.8, 4) is 5.75 Å². The lowest BCUT2D eigenvalue weighted by Crippen LogP contribution is -2.28. The van der Waals surface area contributed by atoms with Crippen molar-refractivity contribution in [2.45, 2.75) is 13.0 Å². The molecule has 0 unspecified atom stereocenters. The first-order chi connectivity index (χ1) is 9.63. The first-order valence-electron chi connectivity index (χ1n) is 6.26. The van der Waals surface area contributed by atoms with Crippen molar-refractivity contribution in [2.24, 2.45) is 0 Å². The summed E-state index contributed by atoms with van der Waals surface area (Å²) in [6.45, 7) is 2.04. The zero-order chi connectivity index (χ0) is 14.5. The van der Waals surface area contributed by atoms with E-state index in [1.165, 1.54) is 11.3 Å². The largest absolute Gasteiger partial charge is 0.496 e. The molecule has 0 saturated heterocycles. The third-order valence-electron chi connectivity index (χ3n) is 3.02. The molecule has 4 nitrogen and oxygen atoms in total. The lowest BCUT2D eigenvalue weighted by Gasteiger charge is -2.15. The zero-order valence-electron chi connectivity index (χ0n) is 11.4. The number of amides is 1. The van der Waals surface area contributed by atoms with E-state index in [1.54, 1.807) is 19.2 Å². The van der Waals surface area contributed by atoms with Crippen molar-refractivity contribution in [1.82, 2.24) is 5.32 Å². The van der Waals surface area contributed by atoms with E-state index in [-0.39, 0.29) is 12.5 Å². The number of carbonyl (C=O) groups is 1. The number of nitrogens with one attached hydrogen (secondary N) is 1. The Morgan fingerprint density at radius 3 is 2.80 bits per heavy atom. The van der Waals surface area contributed by atoms with Gasteiger partial charge in [-0.05, 0) is 30.0 Å². The van der Waals surface area contributed by atoms with Gasteiger partial charge in [0.25, 0.3) is 5.91 Å². The molecule has 0 aliphatic rings. The highest BCUT2D eigenvalue weighted by Crippen LogP contribution is 2.24. The molecule has 0 spiro atoms. The second-order valence-corrected chi connectivity index (χ2v) is 5.32. The minimum atomic E-state index is -0.796. The molecule has 1 heterocycles. The van der Waals surface area contributed by atoms with Crippen LogP contribution in [0.3, 0.4) is 0 Å². The number of carbonyl (C=O) groups excluding carboxylic acids is 1. The fourth-order valence-electron chi connectivity index (χ4n) is 1.93. The molecule has 2 rings (SSSR count). The molecule has 1 amide bonds. The van der Waals surface area contributed by atoms with Gasteiger partial charge in [0.05, 0.1) is 18.1 Å². The fourth-order valence-corrected chi connectivity index (χ4v) is 2.77. The minimum absolute atomic E-state index is 0.149. The van der Waals surface area contributed by atoms with Gasteiger partial charge < -0.3 is 15.2 Å². The molecule has 0 bridgehead atoms. The first kappa shape index (κ1) is 14.6. The summed E-state index contributed by atoms with van der Waals surface area (Å²) in [5.41, 5.74) is 1.61. The maximum atomic E-state index is 12.0. The number of aliphatic hydroxyl groups excluding tert-OH is 1. The van der Waals surface area contributed by atoms with Gasteiger partial charge in [-0.1, -0.05) is 18.2 Å². The van der Waals surface area contributed by atoms with E-state index in [0.29, 0.717) is 16.2 Å². The van der Waals surface area contributed by atoms with Crippen molar-refractivity contribution in [3.63, 3.8) is 0 Å². The highest BCUT2D eigenvalue weighted by atomic mass is 32.1. The zero-order valence-corrected chi connectivity index (χ0v) is 12.2. The van der Waals surface area contributed by atoms with E-state index in [9.17, 15) is 9.90 Å². The highest BCUT2D eigenvalue weighted by Gasteiger charge is 2.15. The Morgan fingerprint density at radius 2 is 2.15 bits per heavy atom. The Balaban J connectivity index is 2.00. The van der Waals surface area contributed by atoms with Gasteiger partial charge in [0.2, 0.25) is 0 Å². The molecule has 0 fully saturated rings. The summed E-state index contributed by atoms with van der Waals surface area (Å²) in [6.07, 6.45) is -0.796. The summed E-state index contributed by atoms with van der Waals surface area (Å²) in [5.74, 6) is 0.452. The number of hydrogen-bond acceptors (Lipinski definition) is 4. The number of hydrogen-bond donors (Lipinski definition) is 2. The second-order valence-electron chi connectivity index (χ2n) is 4.40. The number of rotatable bonds is 5. The molecule has 20 heavy (non-hydrogen) atoms. The van der Waals surface area contributed by atoms with Gasteiger partial charge in [-0.3, -0.25) is 4.79 Å². The second kappa shape index (κ2) is 6.54. The van der Waals surface area contributed by atoms with Crippen LogP contribution >= 0.6 is 11.3 Å². The van der Waals surface area contributed by atoms with E-state index in [1.807, 2.05) is 30.5 Å². The number of ether oxygens (including phenoxy) is 1. The first-order valence-corrected chi connectivity index (χ1v) is 7.14. The van der Waals surface area contributed by atoms with Crippen molar-refractivity contribution >= 4 is 17.2 Å². The number of methoxy groups -OCH3 is 1. The average Bonchev–Trinajstić information content (AvgIpc) is 2.90. The Labute approximate surface area is 122 Å². The van der Waals surface area contributed by atoms with E-state index in [2.05, 4.69) is 5.32 Å². The quantitative estimate of drug-likeness (QED) is 0.890. The summed E-state index contributed by atoms with van der Waals surface area (Å²) < 4.78 is 5.19. The van der Waals surface area contributed by atoms with Crippen molar-refractivity contribution in [3.05, 3.63) is 51.7 Å². The van der Waals surface area contributed by atoms with E-state index >= 15 is 0 Å². The SMILES string of the molecule is COc1ccccc1[C@H](O)CNC(=O)c1sccc1C. The van der Waals surface area contributed by atoms with Gasteiger partial charge >= 0.3 is 0 Å². The molecule has 0 radical (unpaired) electrons. The monoisotopic (exact) mass is 291 g/mol. The van der Waals surface area contributed by atoms with Gasteiger partial charge in [-0.15, -0.1) is 11.3 Å². The van der Waals surface area contributed by atoms with Gasteiger partial charge in [0, 0.05) is 12.1 Å². The highest BCUT2D eigenvalue weighted by molar-refractivity contribution is 7.12. The molecule has 0 aliphatic heterocycles. The van der Waals surface area contributed by atoms with Gasteiger partial charge in [0.15, 0.2) is 0 Å². The van der Waals surface area contributed by atoms with Crippen LogP contribution in [-0.2, 0) is 0 Å². The van der Waals surface area contributed by atoms with Crippen molar-refractivity contribution in [2.75, 3.05) is 13.7 Å². The number of aryl methyl sites for hydroxylation is 1. The smallest absolute Gasteiger partial charge is 0.261 e. The van der Waals surface area contributed by atoms with Gasteiger partial charge in [-0.2, -0.15) is 0 Å². The summed E-state index contributed by atoms with van der Waals surface area (Å²) in [4.78, 5) is 12.7. The van der Waals surface area contributed by atoms with Crippen LogP contribution in [0.15, 0.2) is 35.7 Å². The Morgan fingerprint density at radius 1 is 1.40 bits per heavy atom. The normalized spacial score (nSPS) is 11.9. The summed E-state index contributed by atoms with van der Waals surface area (Å²) in [6, 6.07) is 9.13. The molecule has 2 N–H and O–H groups in total. The molecule has 106 valence electrons. The van der Waals surface area contributed by atoms with Crippen LogP contribution < -0.4 is 10.1 Å². The molecule has 1 aromatic heterocycles. The summed E-state index contributed by atoms with van der Waals surface area (Å²) in [7, 11) is 1.55. The Kier molecular flexibility index (Phi) is 4.76. The predicted octanol–water partition coefficient (Wildman–Crippen LogP) is 2.53. The van der Waals surface area contributed by atoms with Crippen LogP contribution in [0.25, 0.3) is 0 Å². The lowest BCUT2D eigenvalue weighted by molar-refractivity contribution is 0.0918. The van der Waals surface area contributed by atoms with Crippen LogP contribution in [0.2, 0.25) is 0 Å². The molecular formula is C15H17NO3S. The molecular weight excluding hydrogens is 274 g/mol. The van der Waals surface area contributed by atoms with Crippen LogP contribution in [0.4, 0.5) is 0 Å². The Hall–Kier alpha value is -1.85. The molecule has 2 aromatic rings. The Bertz CT molecular complexity index is 594. The fraction of sp³-hybridized carbons (Fsp3) is 0.267. The van der Waals surface area contributed by atoms with Gasteiger partial charge in [0.1, 0.15) is 5.75 Å². The third-order valence-corrected chi connectivity index (χ3v) is 4.04. The summed E-state index contributed by atoms with van der Waals surface area (Å²) >= 11 is 1.39. The molecule has 5 heteroatoms. The van der Waals surface area contributed by atoms with E-state index < -0.39 is 6.10 Å². The molecule has 1 atom stereocenters. The molecule has 1 aromatic carbocycles. The third kappa shape index (κ3) is 3.18. The van der Waals surface area contributed by atoms with Crippen molar-refractivity contribution < 1.29 is 14.6 Å². The average molecular weight is 291 g/mol. The lowest BCUT2D eigenvalue weighted by atomic mass is 10.1. The molecule has 0 saturated carbocycles. The maximum absolute atomic E-state index is 12.0. The van der Waals surface area contributed by atoms with E-state index in [4.69, 9.17) is 4.74 Å². The number of benzene rings is 1. The topological polar surface area (TPSA) is 58.6 Å². The molecule has 0 aliphatic carbocycles. The van der Waals surface area contributed by atoms with Crippen LogP contribution in [0, 0.1) is 6.92 Å². The van der Waals surface area contributed by atoms with Crippen LogP contribution in [0.5, 0.6) is 5.75 Å². The standard InChI is InChI=1S/C15H17NO3S/c1-10-7-8-20-14(10)15(18)16-9-12(17)11-5-3-4-6-13(11)19-2/h3-8,12,17H,9H2,1-2H3,(H,16,18)/t12-/m1/s1. The number of thiophene rings is 1. The van der Waals surface area contributed by atoms with Crippen LogP contribution in [0.1, 0.15) is 26.9 Å². The van der Waals surface area contributed by atoms with E-state index in [0.717, 1.165) is 5.56 Å². The maximum Gasteiger partial charge on any atom is 0.261 e. The van der Waals surface area contributed by atoms with Gasteiger partial charge in [-0.25, -0.2) is 0 Å².